The number of carbonyl (C=O) groups excluding carboxylic acids is 1. The van der Waals surface area contributed by atoms with Gasteiger partial charge in [0.2, 0.25) is 5.91 Å². The number of nitrogens with one attached hydrogen (secondary N) is 3. The summed E-state index contributed by atoms with van der Waals surface area (Å²) in [5.41, 5.74) is 3.38. The lowest BCUT2D eigenvalue weighted by Gasteiger charge is -2.18. The molecule has 118 valence electrons. The second kappa shape index (κ2) is 8.41. The predicted molar refractivity (Wildman–Crippen MR) is 85.0 cm³/mol. The molecule has 0 aromatic carbocycles. The molecule has 0 bridgehead atoms. The van der Waals surface area contributed by atoms with E-state index < -0.39 is 0 Å². The summed E-state index contributed by atoms with van der Waals surface area (Å²) in [5, 5.41) is 5.99. The van der Waals surface area contributed by atoms with Crippen LogP contribution in [-0.4, -0.2) is 28.5 Å². The minimum absolute atomic E-state index is 0.0471. The maximum Gasteiger partial charge on any atom is 0.242 e. The van der Waals surface area contributed by atoms with Crippen molar-refractivity contribution in [3.63, 3.8) is 0 Å². The first-order valence-corrected chi connectivity index (χ1v) is 7.41. The van der Waals surface area contributed by atoms with Gasteiger partial charge in [0.25, 0.3) is 0 Å². The highest BCUT2D eigenvalue weighted by atomic mass is 16.2. The molecule has 5 N–H and O–H groups in total. The van der Waals surface area contributed by atoms with Crippen LogP contribution in [0, 0.1) is 6.92 Å². The number of carbonyl (C=O) groups is 1. The molecule has 0 spiro atoms. The number of amides is 1. The largest absolute Gasteiger partial charge is 0.358 e. The highest BCUT2D eigenvalue weighted by Crippen LogP contribution is 2.20. The maximum atomic E-state index is 11.9. The van der Waals surface area contributed by atoms with Crippen LogP contribution in [0.25, 0.3) is 0 Å². The first-order valence-electron chi connectivity index (χ1n) is 7.41. The van der Waals surface area contributed by atoms with E-state index in [9.17, 15) is 4.79 Å². The molecule has 0 aliphatic heterocycles. The van der Waals surface area contributed by atoms with Crippen LogP contribution >= 0.6 is 0 Å². The molecule has 1 aromatic rings. The number of nitrogens with two attached hydrogens (primary N) is 1. The van der Waals surface area contributed by atoms with Crippen molar-refractivity contribution in [1.82, 2.24) is 15.3 Å². The standard InChI is InChI=1S/C14H26N6O/c1-5-7-11-18-12(9(3)13(19-11)20-15)17-10(4)14(21)16-8-6-2/h10H,5-8,15H2,1-4H3,(H,16,21)(H2,17,18,19,20). The van der Waals surface area contributed by atoms with Gasteiger partial charge in [-0.2, -0.15) is 0 Å². The smallest absolute Gasteiger partial charge is 0.242 e. The van der Waals surface area contributed by atoms with Gasteiger partial charge in [-0.3, -0.25) is 4.79 Å². The fourth-order valence-corrected chi connectivity index (χ4v) is 1.85. The van der Waals surface area contributed by atoms with Gasteiger partial charge in [0, 0.05) is 18.5 Å². The third kappa shape index (κ3) is 4.86. The third-order valence-corrected chi connectivity index (χ3v) is 3.10. The zero-order valence-electron chi connectivity index (χ0n) is 13.3. The molecule has 7 heteroatoms. The van der Waals surface area contributed by atoms with Crippen molar-refractivity contribution in [3.8, 4) is 0 Å². The van der Waals surface area contributed by atoms with Gasteiger partial charge in [-0.25, -0.2) is 15.8 Å². The molecule has 0 saturated heterocycles. The molecule has 21 heavy (non-hydrogen) atoms. The van der Waals surface area contributed by atoms with E-state index >= 15 is 0 Å². The van der Waals surface area contributed by atoms with Crippen LogP contribution in [0.1, 0.15) is 45.0 Å². The van der Waals surface area contributed by atoms with Crippen molar-refractivity contribution in [1.29, 1.82) is 0 Å². The Labute approximate surface area is 126 Å². The van der Waals surface area contributed by atoms with E-state index in [0.29, 0.717) is 24.0 Å². The first kappa shape index (κ1) is 17.2. The average molecular weight is 294 g/mol. The highest BCUT2D eigenvalue weighted by molar-refractivity contribution is 5.84. The Hall–Kier alpha value is -1.89. The van der Waals surface area contributed by atoms with Gasteiger partial charge in [0.15, 0.2) is 0 Å². The van der Waals surface area contributed by atoms with Gasteiger partial charge in [-0.1, -0.05) is 13.8 Å². The van der Waals surface area contributed by atoms with Gasteiger partial charge in [-0.05, 0) is 26.7 Å². The number of rotatable bonds is 8. The molecule has 0 aliphatic rings. The quantitative estimate of drug-likeness (QED) is 0.426. The van der Waals surface area contributed by atoms with Crippen LogP contribution < -0.4 is 21.9 Å². The van der Waals surface area contributed by atoms with Crippen LogP contribution in [0.5, 0.6) is 0 Å². The number of aromatic nitrogens is 2. The van der Waals surface area contributed by atoms with Crippen LogP contribution in [-0.2, 0) is 11.2 Å². The van der Waals surface area contributed by atoms with E-state index in [1.807, 2.05) is 20.8 Å². The fourth-order valence-electron chi connectivity index (χ4n) is 1.85. The van der Waals surface area contributed by atoms with Crippen LogP contribution in [0.15, 0.2) is 0 Å². The fraction of sp³-hybridized carbons (Fsp3) is 0.643. The van der Waals surface area contributed by atoms with Crippen molar-refractivity contribution in [2.45, 2.75) is 53.0 Å². The van der Waals surface area contributed by atoms with Crippen LogP contribution in [0.3, 0.4) is 0 Å². The number of aryl methyl sites for hydroxylation is 1. The van der Waals surface area contributed by atoms with Crippen molar-refractivity contribution in [2.75, 3.05) is 17.3 Å². The van der Waals surface area contributed by atoms with E-state index in [2.05, 4.69) is 33.0 Å². The molecular formula is C14H26N6O. The summed E-state index contributed by atoms with van der Waals surface area (Å²) < 4.78 is 0. The van der Waals surface area contributed by atoms with Gasteiger partial charge >= 0.3 is 0 Å². The highest BCUT2D eigenvalue weighted by Gasteiger charge is 2.16. The average Bonchev–Trinajstić information content (AvgIpc) is 2.47. The second-order valence-electron chi connectivity index (χ2n) is 5.01. The van der Waals surface area contributed by atoms with E-state index in [1.54, 1.807) is 0 Å². The Bertz CT molecular complexity index is 477. The molecule has 1 atom stereocenters. The molecule has 0 aliphatic carbocycles. The molecule has 0 saturated carbocycles. The number of hydrogen-bond acceptors (Lipinski definition) is 6. The summed E-state index contributed by atoms with van der Waals surface area (Å²) in [6, 6.07) is -0.370. The summed E-state index contributed by atoms with van der Waals surface area (Å²) in [6.07, 6.45) is 2.62. The second-order valence-corrected chi connectivity index (χ2v) is 5.01. The lowest BCUT2D eigenvalue weighted by Crippen LogP contribution is -2.38. The van der Waals surface area contributed by atoms with E-state index in [1.165, 1.54) is 0 Å². The van der Waals surface area contributed by atoms with Gasteiger partial charge < -0.3 is 16.1 Å². The summed E-state index contributed by atoms with van der Waals surface area (Å²) in [7, 11) is 0. The zero-order chi connectivity index (χ0) is 15.8. The summed E-state index contributed by atoms with van der Waals surface area (Å²) >= 11 is 0. The predicted octanol–water partition coefficient (Wildman–Crippen LogP) is 1.35. The van der Waals surface area contributed by atoms with Gasteiger partial charge in [0.1, 0.15) is 23.5 Å². The van der Waals surface area contributed by atoms with E-state index in [0.717, 1.165) is 24.8 Å². The molecule has 1 heterocycles. The summed E-state index contributed by atoms with van der Waals surface area (Å²) in [4.78, 5) is 20.8. The molecule has 1 aromatic heterocycles. The Morgan fingerprint density at radius 1 is 1.24 bits per heavy atom. The van der Waals surface area contributed by atoms with Crippen molar-refractivity contribution in [2.24, 2.45) is 5.84 Å². The van der Waals surface area contributed by atoms with E-state index in [4.69, 9.17) is 5.84 Å². The number of nitrogen functional groups attached to an aromatic ring is 1. The molecule has 1 unspecified atom stereocenters. The molecule has 1 rings (SSSR count). The number of hydrogen-bond donors (Lipinski definition) is 4. The topological polar surface area (TPSA) is 105 Å². The van der Waals surface area contributed by atoms with E-state index in [-0.39, 0.29) is 11.9 Å². The Balaban J connectivity index is 2.90. The third-order valence-electron chi connectivity index (χ3n) is 3.10. The lowest BCUT2D eigenvalue weighted by molar-refractivity contribution is -0.121. The normalized spacial score (nSPS) is 11.9. The minimum Gasteiger partial charge on any atom is -0.358 e. The Morgan fingerprint density at radius 3 is 2.48 bits per heavy atom. The molecule has 7 nitrogen and oxygen atoms in total. The van der Waals surface area contributed by atoms with Crippen molar-refractivity contribution >= 4 is 17.5 Å². The minimum atomic E-state index is -0.370. The summed E-state index contributed by atoms with van der Waals surface area (Å²) in [5.74, 6) is 7.37. The first-order chi connectivity index (χ1) is 10.0. The molecule has 1 amide bonds. The Kier molecular flexibility index (Phi) is 6.87. The zero-order valence-corrected chi connectivity index (χ0v) is 13.3. The maximum absolute atomic E-state index is 11.9. The summed E-state index contributed by atoms with van der Waals surface area (Å²) in [6.45, 7) is 8.42. The lowest BCUT2D eigenvalue weighted by atomic mass is 10.2. The van der Waals surface area contributed by atoms with Crippen LogP contribution in [0.2, 0.25) is 0 Å². The van der Waals surface area contributed by atoms with Crippen molar-refractivity contribution < 1.29 is 4.79 Å². The van der Waals surface area contributed by atoms with Gasteiger partial charge in [-0.15, -0.1) is 0 Å². The Morgan fingerprint density at radius 2 is 1.90 bits per heavy atom. The molecular weight excluding hydrogens is 268 g/mol. The van der Waals surface area contributed by atoms with Crippen LogP contribution in [0.4, 0.5) is 11.6 Å². The number of nitrogens with zero attached hydrogens (tertiary/aromatic N) is 2. The molecule has 0 radical (unpaired) electrons. The van der Waals surface area contributed by atoms with Gasteiger partial charge in [0.05, 0.1) is 0 Å². The SMILES string of the molecule is CCCNC(=O)C(C)Nc1nc(CCC)nc(NN)c1C. The monoisotopic (exact) mass is 294 g/mol. The van der Waals surface area contributed by atoms with Crippen molar-refractivity contribution in [3.05, 3.63) is 11.4 Å². The number of hydrazine groups is 1. The number of anilines is 2. The molecule has 0 fully saturated rings.